The lowest BCUT2D eigenvalue weighted by Gasteiger charge is -2.25. The first-order chi connectivity index (χ1) is 7.92. The molecular formula is C12H13N3S. The molecule has 0 amide bonds. The minimum absolute atomic E-state index is 0.761. The maximum absolute atomic E-state index is 4.26. The van der Waals surface area contributed by atoms with Crippen LogP contribution in [0.5, 0.6) is 0 Å². The van der Waals surface area contributed by atoms with E-state index in [1.165, 1.54) is 0 Å². The summed E-state index contributed by atoms with van der Waals surface area (Å²) in [6.45, 7) is 2.25. The van der Waals surface area contributed by atoms with Gasteiger partial charge in [0, 0.05) is 12.0 Å². The molecule has 2 heterocycles. The van der Waals surface area contributed by atoms with Gasteiger partial charge < -0.3 is 5.32 Å². The van der Waals surface area contributed by atoms with Crippen molar-refractivity contribution in [1.29, 1.82) is 0 Å². The molecule has 2 aromatic rings. The summed E-state index contributed by atoms with van der Waals surface area (Å²) in [5.41, 5.74) is 1.16. The van der Waals surface area contributed by atoms with Crippen LogP contribution >= 0.6 is 11.3 Å². The van der Waals surface area contributed by atoms with E-state index in [-0.39, 0.29) is 0 Å². The summed E-state index contributed by atoms with van der Waals surface area (Å²) in [5, 5.41) is 14.0. The third-order valence-corrected chi connectivity index (χ3v) is 3.81. The molecule has 1 N–H and O–H groups in total. The number of rotatable bonds is 3. The van der Waals surface area contributed by atoms with Crippen LogP contribution in [0.25, 0.3) is 10.6 Å². The number of benzene rings is 1. The zero-order valence-electron chi connectivity index (χ0n) is 8.89. The van der Waals surface area contributed by atoms with Gasteiger partial charge in [0.2, 0.25) is 0 Å². The smallest absolute Gasteiger partial charge is 0.147 e. The average Bonchev–Trinajstić information content (AvgIpc) is 2.73. The second-order valence-electron chi connectivity index (χ2n) is 4.10. The van der Waals surface area contributed by atoms with Crippen LogP contribution in [0.3, 0.4) is 0 Å². The maximum atomic E-state index is 4.26. The summed E-state index contributed by atoms with van der Waals surface area (Å²) in [7, 11) is 0. The molecule has 0 aliphatic carbocycles. The number of aromatic nitrogens is 2. The van der Waals surface area contributed by atoms with Crippen molar-refractivity contribution in [2.75, 3.05) is 13.1 Å². The van der Waals surface area contributed by atoms with Crippen LogP contribution in [0, 0.1) is 5.92 Å². The van der Waals surface area contributed by atoms with Crippen LogP contribution in [0.2, 0.25) is 0 Å². The number of hydrogen-bond acceptors (Lipinski definition) is 4. The van der Waals surface area contributed by atoms with Crippen molar-refractivity contribution in [1.82, 2.24) is 15.5 Å². The van der Waals surface area contributed by atoms with E-state index < -0.39 is 0 Å². The summed E-state index contributed by atoms with van der Waals surface area (Å²) in [4.78, 5) is 0. The van der Waals surface area contributed by atoms with Gasteiger partial charge in [0.15, 0.2) is 0 Å². The highest BCUT2D eigenvalue weighted by molar-refractivity contribution is 7.14. The standard InChI is InChI=1S/C12H13N3S/c1-2-4-10(5-3-1)12-15-14-11(16-12)6-9-7-13-8-9/h1-5,9,13H,6-8H2. The first-order valence-electron chi connectivity index (χ1n) is 5.50. The van der Waals surface area contributed by atoms with E-state index in [1.54, 1.807) is 11.3 Å². The lowest BCUT2D eigenvalue weighted by Crippen LogP contribution is -2.43. The number of nitrogens with one attached hydrogen (secondary N) is 1. The zero-order chi connectivity index (χ0) is 10.8. The molecule has 0 unspecified atom stereocenters. The minimum Gasteiger partial charge on any atom is -0.316 e. The van der Waals surface area contributed by atoms with E-state index in [2.05, 4.69) is 27.6 Å². The average molecular weight is 231 g/mol. The number of hydrogen-bond donors (Lipinski definition) is 1. The lowest BCUT2D eigenvalue weighted by atomic mass is 10.0. The van der Waals surface area contributed by atoms with Crippen molar-refractivity contribution in [3.8, 4) is 10.6 Å². The Morgan fingerprint density at radius 1 is 1.19 bits per heavy atom. The second kappa shape index (κ2) is 4.31. The Hall–Kier alpha value is -1.26. The number of nitrogens with zero attached hydrogens (tertiary/aromatic N) is 2. The predicted molar refractivity (Wildman–Crippen MR) is 65.4 cm³/mol. The predicted octanol–water partition coefficient (Wildman–Crippen LogP) is 1.97. The SMILES string of the molecule is c1ccc(-c2nnc(CC3CNC3)s2)cc1. The molecule has 82 valence electrons. The third-order valence-electron chi connectivity index (χ3n) is 2.82. The van der Waals surface area contributed by atoms with Crippen molar-refractivity contribution >= 4 is 11.3 Å². The molecule has 1 saturated heterocycles. The van der Waals surface area contributed by atoms with Gasteiger partial charge in [0.25, 0.3) is 0 Å². The summed E-state index contributed by atoms with van der Waals surface area (Å²) in [5.74, 6) is 0.761. The van der Waals surface area contributed by atoms with Crippen LogP contribution < -0.4 is 5.32 Å². The molecule has 3 rings (SSSR count). The minimum atomic E-state index is 0.761. The van der Waals surface area contributed by atoms with Gasteiger partial charge in [-0.3, -0.25) is 0 Å². The topological polar surface area (TPSA) is 37.8 Å². The Morgan fingerprint density at radius 3 is 2.69 bits per heavy atom. The summed E-state index contributed by atoms with van der Waals surface area (Å²) >= 11 is 1.71. The Morgan fingerprint density at radius 2 is 2.00 bits per heavy atom. The summed E-state index contributed by atoms with van der Waals surface area (Å²) < 4.78 is 0. The third kappa shape index (κ3) is 1.99. The van der Waals surface area contributed by atoms with E-state index >= 15 is 0 Å². The van der Waals surface area contributed by atoms with Crippen molar-refractivity contribution in [2.24, 2.45) is 5.92 Å². The van der Waals surface area contributed by atoms with Crippen LogP contribution in [0.4, 0.5) is 0 Å². The van der Waals surface area contributed by atoms with E-state index in [1.807, 2.05) is 18.2 Å². The van der Waals surface area contributed by atoms with Gasteiger partial charge in [0.1, 0.15) is 10.0 Å². The highest BCUT2D eigenvalue weighted by Gasteiger charge is 2.19. The van der Waals surface area contributed by atoms with Gasteiger partial charge in [-0.05, 0) is 19.0 Å². The molecule has 1 aromatic carbocycles. The molecule has 1 aromatic heterocycles. The van der Waals surface area contributed by atoms with Crippen molar-refractivity contribution in [3.05, 3.63) is 35.3 Å². The van der Waals surface area contributed by atoms with Crippen LogP contribution in [0.1, 0.15) is 5.01 Å². The Kier molecular flexibility index (Phi) is 2.68. The van der Waals surface area contributed by atoms with Gasteiger partial charge in [-0.2, -0.15) is 0 Å². The largest absolute Gasteiger partial charge is 0.316 e. The fourth-order valence-corrected chi connectivity index (χ4v) is 2.73. The monoisotopic (exact) mass is 231 g/mol. The second-order valence-corrected chi connectivity index (χ2v) is 5.16. The van der Waals surface area contributed by atoms with Crippen LogP contribution in [-0.2, 0) is 6.42 Å². The quantitative estimate of drug-likeness (QED) is 0.877. The summed E-state index contributed by atoms with van der Waals surface area (Å²) in [6.07, 6.45) is 1.07. The highest BCUT2D eigenvalue weighted by atomic mass is 32.1. The van der Waals surface area contributed by atoms with E-state index in [4.69, 9.17) is 0 Å². The normalized spacial score (nSPS) is 16.0. The van der Waals surface area contributed by atoms with Crippen molar-refractivity contribution in [3.63, 3.8) is 0 Å². The van der Waals surface area contributed by atoms with E-state index in [0.29, 0.717) is 0 Å². The van der Waals surface area contributed by atoms with Gasteiger partial charge in [-0.15, -0.1) is 10.2 Å². The van der Waals surface area contributed by atoms with Crippen molar-refractivity contribution < 1.29 is 0 Å². The zero-order valence-corrected chi connectivity index (χ0v) is 9.70. The molecule has 4 heteroatoms. The van der Waals surface area contributed by atoms with Gasteiger partial charge in [0.05, 0.1) is 0 Å². The summed E-state index contributed by atoms with van der Waals surface area (Å²) in [6, 6.07) is 10.2. The fourth-order valence-electron chi connectivity index (χ4n) is 1.77. The van der Waals surface area contributed by atoms with Crippen molar-refractivity contribution in [2.45, 2.75) is 6.42 Å². The highest BCUT2D eigenvalue weighted by Crippen LogP contribution is 2.24. The molecule has 1 aliphatic heterocycles. The van der Waals surface area contributed by atoms with Crippen LogP contribution in [0.15, 0.2) is 30.3 Å². The molecule has 3 nitrogen and oxygen atoms in total. The van der Waals surface area contributed by atoms with Gasteiger partial charge in [-0.25, -0.2) is 0 Å². The molecule has 0 atom stereocenters. The Balaban J connectivity index is 1.77. The molecular weight excluding hydrogens is 218 g/mol. The Labute approximate surface area is 98.5 Å². The van der Waals surface area contributed by atoms with Gasteiger partial charge >= 0.3 is 0 Å². The fraction of sp³-hybridized carbons (Fsp3) is 0.333. The first-order valence-corrected chi connectivity index (χ1v) is 6.32. The Bertz CT molecular complexity index is 462. The molecule has 16 heavy (non-hydrogen) atoms. The molecule has 0 saturated carbocycles. The maximum Gasteiger partial charge on any atom is 0.147 e. The first kappa shape index (κ1) is 9.93. The lowest BCUT2D eigenvalue weighted by molar-refractivity contribution is 0.345. The van der Waals surface area contributed by atoms with E-state index in [9.17, 15) is 0 Å². The molecule has 0 radical (unpaired) electrons. The van der Waals surface area contributed by atoms with Gasteiger partial charge in [-0.1, -0.05) is 41.7 Å². The molecule has 1 fully saturated rings. The molecule has 1 aliphatic rings. The van der Waals surface area contributed by atoms with E-state index in [0.717, 1.165) is 41.0 Å². The molecule has 0 bridgehead atoms. The van der Waals surface area contributed by atoms with Crippen LogP contribution in [-0.4, -0.2) is 23.3 Å². The molecule has 0 spiro atoms.